The van der Waals surface area contributed by atoms with Gasteiger partial charge in [-0.05, 0) is 130 Å². The predicted molar refractivity (Wildman–Crippen MR) is 143 cm³/mol. The molecule has 0 bridgehead atoms. The summed E-state index contributed by atoms with van der Waals surface area (Å²) in [5.74, 6) is 2.65. The Labute approximate surface area is 220 Å². The zero-order valence-corrected chi connectivity index (χ0v) is 24.5. The van der Waals surface area contributed by atoms with Gasteiger partial charge in [0.15, 0.2) is 0 Å². The fourth-order valence-corrected chi connectivity index (χ4v) is 11.7. The highest BCUT2D eigenvalue weighted by molar-refractivity contribution is 5.66. The normalized spacial score (nSPS) is 48.6. The van der Waals surface area contributed by atoms with Crippen LogP contribution in [0.15, 0.2) is 0 Å². The first-order valence-electron chi connectivity index (χ1n) is 15.1. The van der Waals surface area contributed by atoms with E-state index in [0.717, 1.165) is 18.8 Å². The van der Waals surface area contributed by atoms with Gasteiger partial charge in [0.05, 0.1) is 11.7 Å². The molecule has 0 amide bonds. The Morgan fingerprint density at radius 1 is 0.917 bits per heavy atom. The average molecular weight is 503 g/mol. The second-order valence-corrected chi connectivity index (χ2v) is 15.8. The first kappa shape index (κ1) is 27.0. The molecule has 206 valence electrons. The van der Waals surface area contributed by atoms with Gasteiger partial charge in [0.2, 0.25) is 0 Å². The molecule has 4 heteroatoms. The Morgan fingerprint density at radius 2 is 1.56 bits per heavy atom. The largest absolute Gasteiger partial charge is 0.462 e. The molecule has 36 heavy (non-hydrogen) atoms. The lowest BCUT2D eigenvalue weighted by atomic mass is 9.41. The number of aliphatic hydroxyl groups excluding tert-OH is 1. The van der Waals surface area contributed by atoms with Crippen molar-refractivity contribution in [1.82, 2.24) is 0 Å². The first-order chi connectivity index (χ1) is 16.6. The van der Waals surface area contributed by atoms with Gasteiger partial charge in [-0.25, -0.2) is 0 Å². The van der Waals surface area contributed by atoms with E-state index in [2.05, 4.69) is 34.6 Å². The van der Waals surface area contributed by atoms with Crippen molar-refractivity contribution >= 4 is 5.97 Å². The number of rotatable bonds is 6. The molecule has 0 radical (unpaired) electrons. The third-order valence-electron chi connectivity index (χ3n) is 13.8. The van der Waals surface area contributed by atoms with Crippen molar-refractivity contribution in [3.63, 3.8) is 0 Å². The highest BCUT2D eigenvalue weighted by Gasteiger charge is 2.82. The maximum absolute atomic E-state index is 11.8. The first-order valence-corrected chi connectivity index (χ1v) is 15.1. The highest BCUT2D eigenvalue weighted by atomic mass is 16.5. The average Bonchev–Trinajstić information content (AvgIpc) is 3.35. The van der Waals surface area contributed by atoms with E-state index < -0.39 is 11.7 Å². The van der Waals surface area contributed by atoms with Crippen LogP contribution in [0.2, 0.25) is 0 Å². The second-order valence-electron chi connectivity index (χ2n) is 15.8. The monoisotopic (exact) mass is 502 g/mol. The smallest absolute Gasteiger partial charge is 0.302 e. The molecule has 0 saturated heterocycles. The minimum atomic E-state index is -1.02. The lowest BCUT2D eigenvalue weighted by Crippen LogP contribution is -2.58. The van der Waals surface area contributed by atoms with Gasteiger partial charge in [0, 0.05) is 12.3 Å². The molecule has 0 aromatic carbocycles. The van der Waals surface area contributed by atoms with E-state index in [1.807, 2.05) is 0 Å². The van der Waals surface area contributed by atoms with Gasteiger partial charge in [0.25, 0.3) is 0 Å². The number of carbonyl (C=O) groups is 1. The number of hydrogen-bond acceptors (Lipinski definition) is 4. The number of carbonyl (C=O) groups excluding carboxylic acids is 1. The summed E-state index contributed by atoms with van der Waals surface area (Å²) < 4.78 is 5.89. The maximum Gasteiger partial charge on any atom is 0.302 e. The van der Waals surface area contributed by atoms with Crippen LogP contribution in [-0.2, 0) is 9.53 Å². The zero-order valence-electron chi connectivity index (χ0n) is 24.5. The van der Waals surface area contributed by atoms with Crippen LogP contribution in [0.4, 0.5) is 0 Å². The van der Waals surface area contributed by atoms with Crippen LogP contribution in [0.1, 0.15) is 126 Å². The summed E-state index contributed by atoms with van der Waals surface area (Å²) in [6.45, 7) is 17.5. The highest BCUT2D eigenvalue weighted by Crippen LogP contribution is 2.89. The standard InChI is InChI=1S/C32H54O4/c1-20(9-12-25(34)28(5,6)35)22-13-15-30(8)24-11-10-23-27(3,4)26(36-21(2)33)14-16-31(23)19-32(24,31)18-17-29(22,30)7/h20,22-26,34-35H,9-19H2,1-8H3/t20-,22-,23+,24+,25?,26+,29-,30+,31-,32?/m1/s1. The maximum atomic E-state index is 11.8. The van der Waals surface area contributed by atoms with Crippen LogP contribution in [-0.4, -0.2) is 34.0 Å². The van der Waals surface area contributed by atoms with E-state index in [1.165, 1.54) is 51.4 Å². The minimum absolute atomic E-state index is 0.0636. The summed E-state index contributed by atoms with van der Waals surface area (Å²) >= 11 is 0. The Balaban J connectivity index is 1.35. The molecule has 2 spiro atoms. The van der Waals surface area contributed by atoms with E-state index in [4.69, 9.17) is 4.74 Å². The number of fused-ring (bicyclic) bond motifs is 2. The fourth-order valence-electron chi connectivity index (χ4n) is 11.7. The van der Waals surface area contributed by atoms with Crippen LogP contribution in [0.5, 0.6) is 0 Å². The van der Waals surface area contributed by atoms with Gasteiger partial charge >= 0.3 is 5.97 Å². The Kier molecular flexibility index (Phi) is 6.14. The van der Waals surface area contributed by atoms with Crippen LogP contribution in [0.25, 0.3) is 0 Å². The van der Waals surface area contributed by atoms with Gasteiger partial charge in [-0.2, -0.15) is 0 Å². The van der Waals surface area contributed by atoms with Crippen molar-refractivity contribution in [1.29, 1.82) is 0 Å². The van der Waals surface area contributed by atoms with Gasteiger partial charge in [0.1, 0.15) is 6.10 Å². The van der Waals surface area contributed by atoms with E-state index in [-0.39, 0.29) is 17.5 Å². The number of esters is 1. The molecule has 0 heterocycles. The van der Waals surface area contributed by atoms with Gasteiger partial charge in [-0.3, -0.25) is 4.79 Å². The van der Waals surface area contributed by atoms with E-state index in [9.17, 15) is 15.0 Å². The third-order valence-corrected chi connectivity index (χ3v) is 13.8. The quantitative estimate of drug-likeness (QED) is 0.388. The summed E-state index contributed by atoms with van der Waals surface area (Å²) in [6, 6.07) is 0. The molecule has 0 aliphatic heterocycles. The molecule has 5 saturated carbocycles. The summed E-state index contributed by atoms with van der Waals surface area (Å²) in [4.78, 5) is 11.8. The summed E-state index contributed by atoms with van der Waals surface area (Å²) in [5.41, 5.74) is 0.784. The minimum Gasteiger partial charge on any atom is -0.462 e. The molecule has 2 unspecified atom stereocenters. The summed E-state index contributed by atoms with van der Waals surface area (Å²) in [6.07, 6.45) is 12.8. The van der Waals surface area contributed by atoms with Crippen molar-refractivity contribution in [3.8, 4) is 0 Å². The summed E-state index contributed by atoms with van der Waals surface area (Å²) in [7, 11) is 0. The third kappa shape index (κ3) is 3.48. The van der Waals surface area contributed by atoms with Crippen molar-refractivity contribution in [2.75, 3.05) is 0 Å². The molecule has 2 N–H and O–H groups in total. The van der Waals surface area contributed by atoms with Crippen LogP contribution < -0.4 is 0 Å². The van der Waals surface area contributed by atoms with Crippen molar-refractivity contribution in [2.45, 2.75) is 144 Å². The lowest BCUT2D eigenvalue weighted by molar-refractivity contribution is -0.181. The second kappa shape index (κ2) is 8.20. The Bertz CT molecular complexity index is 889. The molecule has 5 aliphatic rings. The number of ether oxygens (including phenoxy) is 1. The molecular formula is C32H54O4. The Morgan fingerprint density at radius 3 is 2.19 bits per heavy atom. The molecule has 5 rings (SSSR count). The van der Waals surface area contributed by atoms with E-state index in [0.29, 0.717) is 45.8 Å². The predicted octanol–water partition coefficient (Wildman–Crippen LogP) is 6.91. The van der Waals surface area contributed by atoms with Crippen LogP contribution in [0, 0.1) is 50.7 Å². The lowest BCUT2D eigenvalue weighted by Gasteiger charge is -2.63. The molecule has 10 atom stereocenters. The van der Waals surface area contributed by atoms with Crippen molar-refractivity contribution < 1.29 is 19.7 Å². The Hall–Kier alpha value is -0.610. The van der Waals surface area contributed by atoms with Crippen molar-refractivity contribution in [3.05, 3.63) is 0 Å². The molecule has 0 aromatic rings. The molecule has 0 aromatic heterocycles. The van der Waals surface area contributed by atoms with Gasteiger partial charge in [-0.15, -0.1) is 0 Å². The zero-order chi connectivity index (χ0) is 26.5. The molecule has 4 nitrogen and oxygen atoms in total. The van der Waals surface area contributed by atoms with Gasteiger partial charge in [-0.1, -0.05) is 34.6 Å². The molecule has 5 fully saturated rings. The van der Waals surface area contributed by atoms with Gasteiger partial charge < -0.3 is 14.9 Å². The number of hydrogen-bond donors (Lipinski definition) is 2. The topological polar surface area (TPSA) is 66.8 Å². The molecular weight excluding hydrogens is 448 g/mol. The number of aliphatic hydroxyl groups is 2. The SMILES string of the molecule is CC(=O)O[C@H]1CC[C@]23CC24CC[C@]2(C)[C@@H]([C@H](C)CCC(O)C(C)(C)O)CC[C@@]2(C)[C@@H]4CC[C@H]3C1(C)C. The van der Waals surface area contributed by atoms with Crippen LogP contribution >= 0.6 is 0 Å². The van der Waals surface area contributed by atoms with E-state index >= 15 is 0 Å². The van der Waals surface area contributed by atoms with E-state index in [1.54, 1.807) is 20.8 Å². The summed E-state index contributed by atoms with van der Waals surface area (Å²) in [5, 5.41) is 20.7. The van der Waals surface area contributed by atoms with Crippen molar-refractivity contribution in [2.24, 2.45) is 50.7 Å². The fraction of sp³-hybridized carbons (Fsp3) is 0.969. The van der Waals surface area contributed by atoms with Crippen LogP contribution in [0.3, 0.4) is 0 Å². The molecule has 5 aliphatic carbocycles.